The van der Waals surface area contributed by atoms with Gasteiger partial charge in [0, 0.05) is 19.2 Å². The van der Waals surface area contributed by atoms with E-state index in [0.717, 1.165) is 57.9 Å². The smallest absolute Gasteiger partial charge is 0.132 e. The lowest BCUT2D eigenvalue weighted by molar-refractivity contribution is 0.146. The summed E-state index contributed by atoms with van der Waals surface area (Å²) in [5, 5.41) is 5.61. The van der Waals surface area contributed by atoms with Gasteiger partial charge >= 0.3 is 0 Å². The first kappa shape index (κ1) is 19.3. The van der Waals surface area contributed by atoms with Crippen molar-refractivity contribution in [1.29, 1.82) is 0 Å². The Hall–Kier alpha value is -3.05. The monoisotopic (exact) mass is 390 g/mol. The third-order valence-corrected chi connectivity index (χ3v) is 5.08. The number of ether oxygens (including phenoxy) is 3. The summed E-state index contributed by atoms with van der Waals surface area (Å²) in [4.78, 5) is 4.59. The highest BCUT2D eigenvalue weighted by atomic mass is 16.5. The van der Waals surface area contributed by atoms with Gasteiger partial charge < -0.3 is 19.5 Å². The number of aliphatic imine (C=N–C) groups is 1. The molecule has 0 spiro atoms. The van der Waals surface area contributed by atoms with Gasteiger partial charge in [-0.2, -0.15) is 0 Å². The number of benzene rings is 3. The molecule has 0 atom stereocenters. The van der Waals surface area contributed by atoms with E-state index in [1.807, 2.05) is 0 Å². The molecule has 29 heavy (non-hydrogen) atoms. The molecule has 1 N–H and O–H groups in total. The average molecular weight is 390 g/mol. The SMILES string of the molecule is COCCOc1cc2ccc(-c3ccc(C)cc3OC)cc2cc1C1=NCCN1. The lowest BCUT2D eigenvalue weighted by Crippen LogP contribution is -2.20. The van der Waals surface area contributed by atoms with Crippen LogP contribution in [-0.2, 0) is 4.74 Å². The van der Waals surface area contributed by atoms with Gasteiger partial charge in [0.2, 0.25) is 0 Å². The van der Waals surface area contributed by atoms with Crippen molar-refractivity contribution >= 4 is 16.6 Å². The average Bonchev–Trinajstić information content (AvgIpc) is 3.27. The zero-order valence-corrected chi connectivity index (χ0v) is 17.1. The van der Waals surface area contributed by atoms with Gasteiger partial charge in [-0.05, 0) is 53.1 Å². The van der Waals surface area contributed by atoms with Crippen molar-refractivity contribution in [3.8, 4) is 22.6 Å². The Morgan fingerprint density at radius 2 is 1.79 bits per heavy atom. The zero-order chi connectivity index (χ0) is 20.2. The molecule has 3 aromatic rings. The highest BCUT2D eigenvalue weighted by Gasteiger charge is 2.16. The predicted molar refractivity (Wildman–Crippen MR) is 117 cm³/mol. The van der Waals surface area contributed by atoms with Crippen molar-refractivity contribution in [3.63, 3.8) is 0 Å². The summed E-state index contributed by atoms with van der Waals surface area (Å²) in [6.45, 7) is 4.75. The van der Waals surface area contributed by atoms with E-state index >= 15 is 0 Å². The summed E-state index contributed by atoms with van der Waals surface area (Å²) < 4.78 is 16.7. The van der Waals surface area contributed by atoms with Crippen molar-refractivity contribution in [2.75, 3.05) is 40.5 Å². The van der Waals surface area contributed by atoms with E-state index < -0.39 is 0 Å². The van der Waals surface area contributed by atoms with E-state index in [-0.39, 0.29) is 0 Å². The van der Waals surface area contributed by atoms with Gasteiger partial charge in [0.05, 0.1) is 25.8 Å². The molecule has 0 unspecified atom stereocenters. The Morgan fingerprint density at radius 3 is 2.55 bits per heavy atom. The minimum Gasteiger partial charge on any atom is -0.496 e. The molecule has 1 aliphatic rings. The molecule has 0 aliphatic carbocycles. The molecule has 5 heteroatoms. The van der Waals surface area contributed by atoms with Crippen molar-refractivity contribution in [1.82, 2.24) is 5.32 Å². The van der Waals surface area contributed by atoms with Gasteiger partial charge in [0.15, 0.2) is 0 Å². The van der Waals surface area contributed by atoms with E-state index in [2.05, 4.69) is 65.8 Å². The molecule has 0 saturated heterocycles. The molecule has 0 fully saturated rings. The van der Waals surface area contributed by atoms with Crippen molar-refractivity contribution in [2.45, 2.75) is 6.92 Å². The Kier molecular flexibility index (Phi) is 5.67. The fourth-order valence-electron chi connectivity index (χ4n) is 3.60. The quantitative estimate of drug-likeness (QED) is 0.615. The maximum Gasteiger partial charge on any atom is 0.132 e. The fourth-order valence-corrected chi connectivity index (χ4v) is 3.60. The van der Waals surface area contributed by atoms with Crippen LogP contribution in [0.5, 0.6) is 11.5 Å². The highest BCUT2D eigenvalue weighted by molar-refractivity contribution is 6.06. The third-order valence-electron chi connectivity index (χ3n) is 5.08. The summed E-state index contributed by atoms with van der Waals surface area (Å²) in [5.41, 5.74) is 4.36. The maximum atomic E-state index is 6.00. The molecule has 0 bridgehead atoms. The molecule has 3 aromatic carbocycles. The first-order valence-electron chi connectivity index (χ1n) is 9.83. The molecule has 1 aliphatic heterocycles. The van der Waals surface area contributed by atoms with Crippen molar-refractivity contribution in [2.24, 2.45) is 4.99 Å². The molecule has 0 aromatic heterocycles. The van der Waals surface area contributed by atoms with Gasteiger partial charge in [0.1, 0.15) is 23.9 Å². The second-order valence-corrected chi connectivity index (χ2v) is 7.11. The molecular formula is C24H26N2O3. The number of amidine groups is 1. The molecule has 0 amide bonds. The first-order chi connectivity index (χ1) is 14.2. The molecule has 150 valence electrons. The van der Waals surface area contributed by atoms with Crippen LogP contribution in [0.3, 0.4) is 0 Å². The van der Waals surface area contributed by atoms with Crippen LogP contribution in [0, 0.1) is 6.92 Å². The number of aryl methyl sites for hydroxylation is 1. The number of methoxy groups -OCH3 is 2. The molecule has 5 nitrogen and oxygen atoms in total. The van der Waals surface area contributed by atoms with E-state index in [9.17, 15) is 0 Å². The molecule has 4 rings (SSSR count). The van der Waals surface area contributed by atoms with Gasteiger partial charge in [-0.3, -0.25) is 4.99 Å². The van der Waals surface area contributed by atoms with E-state index in [1.54, 1.807) is 14.2 Å². The Balaban J connectivity index is 1.79. The molecule has 0 saturated carbocycles. The second kappa shape index (κ2) is 8.53. The van der Waals surface area contributed by atoms with Crippen LogP contribution in [-0.4, -0.2) is 46.4 Å². The molecule has 1 heterocycles. The summed E-state index contributed by atoms with van der Waals surface area (Å²) in [5.74, 6) is 2.59. The van der Waals surface area contributed by atoms with Crippen LogP contribution in [0.15, 0.2) is 53.5 Å². The number of rotatable bonds is 7. The van der Waals surface area contributed by atoms with Crippen LogP contribution < -0.4 is 14.8 Å². The summed E-state index contributed by atoms with van der Waals surface area (Å²) in [6.07, 6.45) is 0. The van der Waals surface area contributed by atoms with Crippen molar-refractivity contribution in [3.05, 3.63) is 59.7 Å². The molecular weight excluding hydrogens is 364 g/mol. The lowest BCUT2D eigenvalue weighted by Gasteiger charge is -2.15. The number of nitrogens with one attached hydrogen (secondary N) is 1. The highest BCUT2D eigenvalue weighted by Crippen LogP contribution is 2.34. The minimum atomic E-state index is 0.501. The van der Waals surface area contributed by atoms with E-state index in [0.29, 0.717) is 13.2 Å². The molecule has 0 radical (unpaired) electrons. The predicted octanol–water partition coefficient (Wildman–Crippen LogP) is 4.20. The zero-order valence-electron chi connectivity index (χ0n) is 17.1. The van der Waals surface area contributed by atoms with Crippen LogP contribution in [0.2, 0.25) is 0 Å². The Labute approximate surface area is 171 Å². The third kappa shape index (κ3) is 4.05. The summed E-state index contributed by atoms with van der Waals surface area (Å²) in [7, 11) is 3.39. The van der Waals surface area contributed by atoms with E-state index in [1.165, 1.54) is 5.56 Å². The van der Waals surface area contributed by atoms with Crippen LogP contribution >= 0.6 is 0 Å². The van der Waals surface area contributed by atoms with Gasteiger partial charge in [0.25, 0.3) is 0 Å². The first-order valence-corrected chi connectivity index (χ1v) is 9.83. The number of nitrogens with zero attached hydrogens (tertiary/aromatic N) is 1. The Bertz CT molecular complexity index is 1060. The normalized spacial score (nSPS) is 13.3. The minimum absolute atomic E-state index is 0.501. The lowest BCUT2D eigenvalue weighted by atomic mass is 9.97. The number of fused-ring (bicyclic) bond motifs is 1. The maximum absolute atomic E-state index is 6.00. The van der Waals surface area contributed by atoms with Crippen LogP contribution in [0.4, 0.5) is 0 Å². The summed E-state index contributed by atoms with van der Waals surface area (Å²) in [6, 6.07) is 17.0. The second-order valence-electron chi connectivity index (χ2n) is 7.11. The largest absolute Gasteiger partial charge is 0.496 e. The van der Waals surface area contributed by atoms with Gasteiger partial charge in [-0.25, -0.2) is 0 Å². The fraction of sp³-hybridized carbons (Fsp3) is 0.292. The standard InChI is InChI=1S/C24H26N2O3/c1-16-4-7-20(22(12-16)28-3)18-6-5-17-15-23(29-11-10-27-2)21(14-19(17)13-18)24-25-8-9-26-24/h4-7,12-15H,8-11H2,1-3H3,(H,25,26). The van der Waals surface area contributed by atoms with Gasteiger partial charge in [-0.15, -0.1) is 0 Å². The van der Waals surface area contributed by atoms with Crippen molar-refractivity contribution < 1.29 is 14.2 Å². The number of hydrogen-bond donors (Lipinski definition) is 1. The topological polar surface area (TPSA) is 52.1 Å². The summed E-state index contributed by atoms with van der Waals surface area (Å²) >= 11 is 0. The number of hydrogen-bond acceptors (Lipinski definition) is 5. The Morgan fingerprint density at radius 1 is 0.897 bits per heavy atom. The van der Waals surface area contributed by atoms with E-state index in [4.69, 9.17) is 14.2 Å². The van der Waals surface area contributed by atoms with Gasteiger partial charge in [-0.1, -0.05) is 24.3 Å². The van der Waals surface area contributed by atoms with Crippen LogP contribution in [0.25, 0.3) is 21.9 Å². The van der Waals surface area contributed by atoms with Crippen LogP contribution in [0.1, 0.15) is 11.1 Å².